The third-order valence-corrected chi connectivity index (χ3v) is 6.08. The Balaban J connectivity index is 1.34. The van der Waals surface area contributed by atoms with Crippen molar-refractivity contribution in [2.24, 2.45) is 0 Å². The minimum Gasteiger partial charge on any atom is -0.454 e. The normalized spacial score (nSPS) is 20.4. The summed E-state index contributed by atoms with van der Waals surface area (Å²) in [4.78, 5) is 28.9. The van der Waals surface area contributed by atoms with Crippen LogP contribution in [0.4, 0.5) is 0 Å². The van der Waals surface area contributed by atoms with Crippen molar-refractivity contribution in [3.05, 3.63) is 28.7 Å². The first kappa shape index (κ1) is 19.2. The summed E-state index contributed by atoms with van der Waals surface area (Å²) in [5.41, 5.74) is 0.854. The van der Waals surface area contributed by atoms with E-state index in [0.29, 0.717) is 66.4 Å². The number of fused-ring (bicyclic) bond motifs is 1. The molecule has 0 spiro atoms. The predicted octanol–water partition coefficient (Wildman–Crippen LogP) is 2.26. The van der Waals surface area contributed by atoms with Crippen LogP contribution in [0.3, 0.4) is 0 Å². The zero-order valence-electron chi connectivity index (χ0n) is 15.2. The molecule has 28 heavy (non-hydrogen) atoms. The molecule has 4 rings (SSSR count). The molecule has 0 radical (unpaired) electrons. The van der Waals surface area contributed by atoms with Crippen molar-refractivity contribution in [2.45, 2.75) is 12.8 Å². The molecule has 3 aliphatic rings. The highest BCUT2D eigenvalue weighted by molar-refractivity contribution is 8.26. The molecule has 0 bridgehead atoms. The summed E-state index contributed by atoms with van der Waals surface area (Å²) in [7, 11) is 0. The molecule has 3 heterocycles. The summed E-state index contributed by atoms with van der Waals surface area (Å²) in [5.74, 6) is 1.36. The van der Waals surface area contributed by atoms with Gasteiger partial charge >= 0.3 is 0 Å². The molecule has 0 unspecified atom stereocenters. The zero-order chi connectivity index (χ0) is 19.5. The summed E-state index contributed by atoms with van der Waals surface area (Å²) >= 11 is 6.65. The van der Waals surface area contributed by atoms with Crippen LogP contribution in [0.25, 0.3) is 6.08 Å². The molecule has 0 aliphatic carbocycles. The molecule has 2 saturated heterocycles. The first-order valence-corrected chi connectivity index (χ1v) is 10.3. The van der Waals surface area contributed by atoms with Crippen LogP contribution in [-0.4, -0.2) is 65.6 Å². The highest BCUT2D eigenvalue weighted by atomic mass is 32.2. The number of hydrogen-bond acceptors (Lipinski definition) is 7. The number of hydrogen-bond donors (Lipinski definition) is 0. The van der Waals surface area contributed by atoms with Gasteiger partial charge in [-0.2, -0.15) is 0 Å². The van der Waals surface area contributed by atoms with Crippen LogP contribution < -0.4 is 9.47 Å². The van der Waals surface area contributed by atoms with E-state index in [2.05, 4.69) is 0 Å². The molecule has 7 nitrogen and oxygen atoms in total. The van der Waals surface area contributed by atoms with Gasteiger partial charge in [0.1, 0.15) is 4.32 Å². The maximum atomic E-state index is 12.7. The van der Waals surface area contributed by atoms with Crippen molar-refractivity contribution in [1.29, 1.82) is 0 Å². The van der Waals surface area contributed by atoms with Crippen molar-refractivity contribution in [2.75, 3.05) is 39.6 Å². The molecule has 0 N–H and O–H groups in total. The molecule has 2 amide bonds. The fraction of sp³-hybridized carbons (Fsp3) is 0.421. The van der Waals surface area contributed by atoms with Gasteiger partial charge in [-0.3, -0.25) is 14.5 Å². The molecule has 1 aromatic rings. The van der Waals surface area contributed by atoms with Gasteiger partial charge in [-0.25, -0.2) is 0 Å². The van der Waals surface area contributed by atoms with E-state index in [-0.39, 0.29) is 18.6 Å². The molecule has 9 heteroatoms. The Morgan fingerprint density at radius 2 is 2.00 bits per heavy atom. The van der Waals surface area contributed by atoms with E-state index in [0.717, 1.165) is 5.56 Å². The first-order valence-electron chi connectivity index (χ1n) is 9.12. The number of thioether (sulfide) groups is 1. The predicted molar refractivity (Wildman–Crippen MR) is 109 cm³/mol. The highest BCUT2D eigenvalue weighted by Crippen LogP contribution is 2.36. The van der Waals surface area contributed by atoms with Crippen LogP contribution in [0.2, 0.25) is 0 Å². The first-order chi connectivity index (χ1) is 13.6. The van der Waals surface area contributed by atoms with Crippen molar-refractivity contribution in [3.63, 3.8) is 0 Å². The van der Waals surface area contributed by atoms with Gasteiger partial charge < -0.3 is 19.1 Å². The largest absolute Gasteiger partial charge is 0.454 e. The zero-order valence-corrected chi connectivity index (χ0v) is 16.9. The lowest BCUT2D eigenvalue weighted by molar-refractivity contribution is -0.135. The van der Waals surface area contributed by atoms with E-state index in [1.807, 2.05) is 23.1 Å². The molecule has 3 aliphatic heterocycles. The lowest BCUT2D eigenvalue weighted by Gasteiger charge is -2.27. The monoisotopic (exact) mass is 420 g/mol. The van der Waals surface area contributed by atoms with Crippen LogP contribution >= 0.6 is 24.0 Å². The Morgan fingerprint density at radius 3 is 2.82 bits per heavy atom. The standard InChI is InChI=1S/C19H20N2O5S2/c22-17(20-6-8-24-9-7-20)2-1-5-21-18(23)16(28-19(21)27)11-13-3-4-14-15(10-13)26-12-25-14/h3-4,10-11H,1-2,5-9,12H2/b16-11-. The van der Waals surface area contributed by atoms with Gasteiger partial charge in [-0.05, 0) is 30.2 Å². The SMILES string of the molecule is O=C(CCCN1C(=O)/C(=C/c2ccc3c(c2)OCO3)SC1=S)N1CCOCC1. The minimum absolute atomic E-state index is 0.102. The third kappa shape index (κ3) is 4.16. The number of ether oxygens (including phenoxy) is 3. The van der Waals surface area contributed by atoms with Gasteiger partial charge in [-0.1, -0.05) is 30.0 Å². The van der Waals surface area contributed by atoms with E-state index in [1.54, 1.807) is 11.0 Å². The third-order valence-electron chi connectivity index (χ3n) is 4.70. The summed E-state index contributed by atoms with van der Waals surface area (Å²) in [5, 5.41) is 0. The second-order valence-electron chi connectivity index (χ2n) is 6.54. The number of benzene rings is 1. The summed E-state index contributed by atoms with van der Waals surface area (Å²) < 4.78 is 16.5. The molecular formula is C19H20N2O5S2. The van der Waals surface area contributed by atoms with E-state index in [4.69, 9.17) is 26.4 Å². The van der Waals surface area contributed by atoms with E-state index >= 15 is 0 Å². The van der Waals surface area contributed by atoms with Crippen LogP contribution in [0.15, 0.2) is 23.1 Å². The maximum Gasteiger partial charge on any atom is 0.266 e. The lowest BCUT2D eigenvalue weighted by atomic mass is 10.2. The summed E-state index contributed by atoms with van der Waals surface area (Å²) in [6.45, 7) is 3.11. The van der Waals surface area contributed by atoms with Crippen molar-refractivity contribution < 1.29 is 23.8 Å². The number of amides is 2. The molecule has 0 aromatic heterocycles. The van der Waals surface area contributed by atoms with Gasteiger partial charge in [0.05, 0.1) is 18.1 Å². The van der Waals surface area contributed by atoms with E-state index in [9.17, 15) is 9.59 Å². The fourth-order valence-corrected chi connectivity index (χ4v) is 4.51. The molecule has 0 saturated carbocycles. The number of nitrogens with zero attached hydrogens (tertiary/aromatic N) is 2. The number of morpholine rings is 1. The van der Waals surface area contributed by atoms with Gasteiger partial charge in [0.25, 0.3) is 5.91 Å². The lowest BCUT2D eigenvalue weighted by Crippen LogP contribution is -2.41. The average Bonchev–Trinajstić information content (AvgIpc) is 3.28. The quantitative estimate of drug-likeness (QED) is 0.535. The minimum atomic E-state index is -0.119. The van der Waals surface area contributed by atoms with Gasteiger partial charge in [0.15, 0.2) is 11.5 Å². The summed E-state index contributed by atoms with van der Waals surface area (Å²) in [6.07, 6.45) is 2.79. The van der Waals surface area contributed by atoms with Gasteiger partial charge in [0.2, 0.25) is 12.7 Å². The van der Waals surface area contributed by atoms with Gasteiger partial charge in [0, 0.05) is 26.1 Å². The molecule has 1 aromatic carbocycles. The van der Waals surface area contributed by atoms with E-state index < -0.39 is 0 Å². The number of rotatable bonds is 5. The fourth-order valence-electron chi connectivity index (χ4n) is 3.21. The topological polar surface area (TPSA) is 68.3 Å². The second kappa shape index (κ2) is 8.50. The summed E-state index contributed by atoms with van der Waals surface area (Å²) in [6, 6.07) is 5.54. The van der Waals surface area contributed by atoms with Crippen LogP contribution in [-0.2, 0) is 14.3 Å². The molecule has 148 valence electrons. The Labute approximate surface area is 172 Å². The van der Waals surface area contributed by atoms with Crippen molar-refractivity contribution in [3.8, 4) is 11.5 Å². The van der Waals surface area contributed by atoms with Crippen LogP contribution in [0.1, 0.15) is 18.4 Å². The number of carbonyl (C=O) groups excluding carboxylic acids is 2. The number of thiocarbonyl (C=S) groups is 1. The van der Waals surface area contributed by atoms with Crippen molar-refractivity contribution >= 4 is 46.2 Å². The Morgan fingerprint density at radius 1 is 1.21 bits per heavy atom. The second-order valence-corrected chi connectivity index (χ2v) is 8.22. The average molecular weight is 421 g/mol. The Hall–Kier alpha value is -2.10. The Kier molecular flexibility index (Phi) is 5.84. The molecular weight excluding hydrogens is 400 g/mol. The van der Waals surface area contributed by atoms with Crippen LogP contribution in [0, 0.1) is 0 Å². The van der Waals surface area contributed by atoms with Crippen LogP contribution in [0.5, 0.6) is 11.5 Å². The smallest absolute Gasteiger partial charge is 0.266 e. The molecule has 2 fully saturated rings. The van der Waals surface area contributed by atoms with Gasteiger partial charge in [-0.15, -0.1) is 0 Å². The molecule has 0 atom stereocenters. The maximum absolute atomic E-state index is 12.7. The van der Waals surface area contributed by atoms with E-state index in [1.165, 1.54) is 11.8 Å². The number of carbonyl (C=O) groups is 2. The van der Waals surface area contributed by atoms with Crippen molar-refractivity contribution in [1.82, 2.24) is 9.80 Å². The Bertz CT molecular complexity index is 836. The highest BCUT2D eigenvalue weighted by Gasteiger charge is 2.32.